The lowest BCUT2D eigenvalue weighted by molar-refractivity contribution is -0.146. The second-order valence-corrected chi connectivity index (χ2v) is 17.2. The first kappa shape index (κ1) is 32.8. The molecule has 1 spiro atoms. The molecule has 1 saturated heterocycles. The number of hydrogen-bond acceptors (Lipinski definition) is 4. The zero-order chi connectivity index (χ0) is 32.5. The number of fused-ring (bicyclic) bond motifs is 3. The quantitative estimate of drug-likeness (QED) is 0.116. The number of aliphatic hydroxyl groups is 1. The SMILES string of the molecule is CC(C)=CCC/C(C)=C/CN1C(=O)[C@]2(O[C@H](CCO)[C@@H]([Si](C)(C)F)[C@@H]2C)c2cc(NC(=O)Cc3c[nH]c4ccccc34)ccc21. The molecule has 0 aliphatic carbocycles. The van der Waals surface area contributed by atoms with E-state index in [1.54, 1.807) is 18.0 Å². The minimum absolute atomic E-state index is 0.156. The molecule has 0 bridgehead atoms. The molecule has 3 N–H and O–H groups in total. The van der Waals surface area contributed by atoms with Crippen molar-refractivity contribution >= 4 is 42.5 Å². The third kappa shape index (κ3) is 6.43. The van der Waals surface area contributed by atoms with Gasteiger partial charge in [0.2, 0.25) is 14.3 Å². The number of hydrogen-bond donors (Lipinski definition) is 3. The summed E-state index contributed by atoms with van der Waals surface area (Å²) in [6.45, 7) is 11.7. The van der Waals surface area contributed by atoms with Crippen LogP contribution in [0.1, 0.15) is 58.1 Å². The molecule has 5 rings (SSSR count). The molecule has 0 radical (unpaired) electrons. The number of carbonyl (C=O) groups is 2. The third-order valence-electron chi connectivity index (χ3n) is 9.40. The second-order valence-electron chi connectivity index (χ2n) is 13.4. The number of nitrogens with one attached hydrogen (secondary N) is 2. The first-order chi connectivity index (χ1) is 21.4. The molecule has 9 heteroatoms. The minimum atomic E-state index is -3.31. The Bertz CT molecular complexity index is 1640. The van der Waals surface area contributed by atoms with Crippen LogP contribution in [0.25, 0.3) is 10.9 Å². The van der Waals surface area contributed by atoms with E-state index in [9.17, 15) is 14.7 Å². The topological polar surface area (TPSA) is 94.7 Å². The zero-order valence-corrected chi connectivity index (χ0v) is 28.2. The van der Waals surface area contributed by atoms with Gasteiger partial charge in [-0.1, -0.05) is 48.4 Å². The van der Waals surface area contributed by atoms with E-state index >= 15 is 4.11 Å². The number of amides is 2. The number of allylic oxidation sites excluding steroid dienone is 3. The maximum absolute atomic E-state index is 15.9. The monoisotopic (exact) mass is 631 g/mol. The smallest absolute Gasteiger partial charge is 0.264 e. The van der Waals surface area contributed by atoms with Gasteiger partial charge in [0.05, 0.1) is 18.2 Å². The Morgan fingerprint density at radius 3 is 2.64 bits per heavy atom. The number of aliphatic hydroxyl groups excluding tert-OH is 1. The van der Waals surface area contributed by atoms with Gasteiger partial charge in [-0.2, -0.15) is 0 Å². The molecule has 3 aromatic rings. The normalized spacial score (nSPS) is 23.2. The summed E-state index contributed by atoms with van der Waals surface area (Å²) in [6.07, 6.45) is 7.81. The number of carbonyl (C=O) groups excluding carboxylic acids is 2. The van der Waals surface area contributed by atoms with Gasteiger partial charge in [-0.25, -0.2) is 0 Å². The molecular weight excluding hydrogens is 585 g/mol. The molecule has 0 unspecified atom stereocenters. The fraction of sp³-hybridized carbons (Fsp3) is 0.444. The van der Waals surface area contributed by atoms with Crippen LogP contribution < -0.4 is 10.2 Å². The Morgan fingerprint density at radius 1 is 1.18 bits per heavy atom. The fourth-order valence-electron chi connectivity index (χ4n) is 7.30. The van der Waals surface area contributed by atoms with Gasteiger partial charge >= 0.3 is 0 Å². The summed E-state index contributed by atoms with van der Waals surface area (Å²) in [7, 11) is -3.31. The van der Waals surface area contributed by atoms with Gasteiger partial charge in [0.25, 0.3) is 5.91 Å². The summed E-state index contributed by atoms with van der Waals surface area (Å²) in [4.78, 5) is 32.7. The molecule has 0 saturated carbocycles. The van der Waals surface area contributed by atoms with Crippen molar-refractivity contribution in [2.24, 2.45) is 5.92 Å². The van der Waals surface area contributed by atoms with Gasteiger partial charge in [-0.15, -0.1) is 0 Å². The van der Waals surface area contributed by atoms with Crippen LogP contribution in [0.5, 0.6) is 0 Å². The fourth-order valence-corrected chi connectivity index (χ4v) is 9.84. The van der Waals surface area contributed by atoms with Gasteiger partial charge in [0.1, 0.15) is 0 Å². The molecule has 2 amide bonds. The van der Waals surface area contributed by atoms with Crippen molar-refractivity contribution in [3.63, 3.8) is 0 Å². The minimum Gasteiger partial charge on any atom is -0.396 e. The van der Waals surface area contributed by atoms with Crippen LogP contribution in [0.15, 0.2) is 72.0 Å². The molecule has 2 aliphatic rings. The first-order valence-electron chi connectivity index (χ1n) is 15.9. The van der Waals surface area contributed by atoms with E-state index in [0.29, 0.717) is 23.5 Å². The molecule has 3 heterocycles. The molecule has 1 fully saturated rings. The Morgan fingerprint density at radius 2 is 1.93 bits per heavy atom. The highest BCUT2D eigenvalue weighted by atomic mass is 28.4. The number of benzene rings is 2. The number of aromatic amines is 1. The average Bonchev–Trinajstić information content (AvgIpc) is 3.58. The van der Waals surface area contributed by atoms with Gasteiger partial charge in [-0.05, 0) is 83.0 Å². The standard InChI is InChI=1S/C36H46FN3O4Si/c1-23(2)10-9-11-24(3)16-18-40-31-15-14-27(39-33(42)20-26-22-38-30-13-8-7-12-28(26)30)21-29(31)36(35(40)43)25(4)34(45(5,6)37)32(44-36)17-19-41/h7-8,10,12-16,21-22,25,32,34,38,41H,9,11,17-20H2,1-6H3,(H,39,42)/b24-16+/t25-,32+,34-,36+/m0/s1. The molecular formula is C36H46FN3O4Si. The predicted molar refractivity (Wildman–Crippen MR) is 182 cm³/mol. The highest BCUT2D eigenvalue weighted by Crippen LogP contribution is 2.60. The number of para-hydroxylation sites is 1. The van der Waals surface area contributed by atoms with Gasteiger partial charge in [0, 0.05) is 53.0 Å². The highest BCUT2D eigenvalue weighted by Gasteiger charge is 2.66. The molecule has 2 aliphatic heterocycles. The molecule has 4 atom stereocenters. The number of halogens is 1. The Hall–Kier alpha value is -3.53. The Balaban J connectivity index is 1.48. The van der Waals surface area contributed by atoms with Crippen LogP contribution in [-0.4, -0.2) is 49.6 Å². The van der Waals surface area contributed by atoms with Crippen molar-refractivity contribution in [3.05, 3.63) is 83.1 Å². The summed E-state index contributed by atoms with van der Waals surface area (Å²) in [5.74, 6) is -0.861. The van der Waals surface area contributed by atoms with Crippen molar-refractivity contribution in [3.8, 4) is 0 Å². The molecule has 1 aromatic heterocycles. The van der Waals surface area contributed by atoms with Gasteiger partial charge < -0.3 is 29.2 Å². The van der Waals surface area contributed by atoms with Crippen LogP contribution in [0.3, 0.4) is 0 Å². The molecule has 2 aromatic carbocycles. The number of aromatic nitrogens is 1. The van der Waals surface area contributed by atoms with Crippen LogP contribution in [-0.2, 0) is 26.3 Å². The van der Waals surface area contributed by atoms with Crippen LogP contribution in [0.4, 0.5) is 15.5 Å². The van der Waals surface area contributed by atoms with Crippen molar-refractivity contribution in [1.29, 1.82) is 0 Å². The summed E-state index contributed by atoms with van der Waals surface area (Å²) in [5, 5.41) is 13.9. The van der Waals surface area contributed by atoms with Crippen LogP contribution >= 0.6 is 0 Å². The van der Waals surface area contributed by atoms with E-state index in [-0.39, 0.29) is 31.3 Å². The maximum Gasteiger partial charge on any atom is 0.264 e. The number of ether oxygens (including phenoxy) is 1. The number of H-pyrrole nitrogens is 1. The molecule has 45 heavy (non-hydrogen) atoms. The predicted octanol–water partition coefficient (Wildman–Crippen LogP) is 7.55. The molecule has 240 valence electrons. The average molecular weight is 632 g/mol. The number of nitrogens with zero attached hydrogens (tertiary/aromatic N) is 1. The summed E-state index contributed by atoms with van der Waals surface area (Å²) >= 11 is 0. The number of anilines is 2. The van der Waals surface area contributed by atoms with Crippen LogP contribution in [0, 0.1) is 5.92 Å². The zero-order valence-electron chi connectivity index (χ0n) is 27.2. The van der Waals surface area contributed by atoms with E-state index in [4.69, 9.17) is 4.74 Å². The van der Waals surface area contributed by atoms with E-state index in [1.165, 1.54) is 11.1 Å². The van der Waals surface area contributed by atoms with Crippen LogP contribution in [0.2, 0.25) is 18.6 Å². The largest absolute Gasteiger partial charge is 0.396 e. The van der Waals surface area contributed by atoms with Gasteiger partial charge in [0.15, 0.2) is 5.60 Å². The van der Waals surface area contributed by atoms with Crippen molar-refractivity contribution in [1.82, 2.24) is 4.98 Å². The lowest BCUT2D eigenvalue weighted by Gasteiger charge is -2.31. The maximum atomic E-state index is 15.9. The van der Waals surface area contributed by atoms with E-state index in [0.717, 1.165) is 29.3 Å². The van der Waals surface area contributed by atoms with E-state index in [1.807, 2.05) is 55.6 Å². The first-order valence-corrected chi connectivity index (χ1v) is 18.9. The molecule has 7 nitrogen and oxygen atoms in total. The second kappa shape index (κ2) is 13.1. The van der Waals surface area contributed by atoms with Crippen molar-refractivity contribution in [2.45, 2.75) is 83.7 Å². The van der Waals surface area contributed by atoms with E-state index in [2.05, 4.69) is 43.2 Å². The lowest BCUT2D eigenvalue weighted by Crippen LogP contribution is -2.45. The summed E-state index contributed by atoms with van der Waals surface area (Å²) in [5.41, 5.74) is 4.33. The summed E-state index contributed by atoms with van der Waals surface area (Å²) < 4.78 is 22.6. The van der Waals surface area contributed by atoms with E-state index < -0.39 is 31.6 Å². The van der Waals surface area contributed by atoms with Gasteiger partial charge in [-0.3, -0.25) is 9.59 Å². The highest BCUT2D eigenvalue weighted by molar-refractivity contribution is 6.72. The summed E-state index contributed by atoms with van der Waals surface area (Å²) in [6, 6.07) is 13.4. The Kier molecular flexibility index (Phi) is 9.53. The van der Waals surface area contributed by atoms with Crippen molar-refractivity contribution < 1.29 is 23.5 Å². The van der Waals surface area contributed by atoms with Crippen molar-refractivity contribution in [2.75, 3.05) is 23.4 Å². The number of rotatable bonds is 11. The lowest BCUT2D eigenvalue weighted by atomic mass is 9.82. The Labute approximate surface area is 266 Å². The third-order valence-corrected chi connectivity index (χ3v) is 11.9.